The van der Waals surface area contributed by atoms with Crippen LogP contribution in [-0.2, 0) is 16.8 Å². The third-order valence-corrected chi connectivity index (χ3v) is 0.855. The zero-order chi connectivity index (χ0) is 6.95. The molecule has 0 aromatic heterocycles. The van der Waals surface area contributed by atoms with Crippen LogP contribution in [0.2, 0.25) is 0 Å². The molecule has 0 spiro atoms. The van der Waals surface area contributed by atoms with Crippen LogP contribution in [0, 0.1) is 10.1 Å². The molecule has 9 heteroatoms. The van der Waals surface area contributed by atoms with Gasteiger partial charge < -0.3 is 40.0 Å². The van der Waals surface area contributed by atoms with Gasteiger partial charge in [-0.2, -0.15) is 0 Å². The van der Waals surface area contributed by atoms with Crippen molar-refractivity contribution in [2.24, 2.45) is 5.34 Å². The zero-order valence-corrected chi connectivity index (χ0v) is 8.67. The minimum Gasteiger partial charge on any atom is -0.693 e. The summed E-state index contributed by atoms with van der Waals surface area (Å²) in [4.78, 5) is 8.00. The zero-order valence-electron chi connectivity index (χ0n) is 7.63. The van der Waals surface area contributed by atoms with Gasteiger partial charge in [-0.15, -0.1) is 24.5 Å². The minimum atomic E-state index is 0. The SMILES string of the molecule is C1=CC[N-]CC1.O=N[O-].[Co+2].[NH2-].[NH2-].[NH2-].[NH2-]. The molecule has 0 amide bonds. The molecule has 0 aromatic rings. The summed E-state index contributed by atoms with van der Waals surface area (Å²) in [5, 5.41) is 13.1. The molecule has 0 fully saturated rings. The van der Waals surface area contributed by atoms with Gasteiger partial charge in [0.1, 0.15) is 0 Å². The van der Waals surface area contributed by atoms with Crippen LogP contribution < -0.4 is 0 Å². The van der Waals surface area contributed by atoms with Gasteiger partial charge in [0.05, 0.1) is 0 Å². The molecule has 1 radical (unpaired) electrons. The Kier molecular flexibility index (Phi) is 105. The molecular weight excluding hydrogens is 235 g/mol. The maximum atomic E-state index is 8.00. The second-order valence-electron chi connectivity index (χ2n) is 1.46. The number of hydrogen-bond donors (Lipinski definition) is 0. The van der Waals surface area contributed by atoms with Gasteiger partial charge in [-0.05, 0) is 0 Å². The molecule has 0 saturated carbocycles. The average molecular weight is 251 g/mol. The Morgan fingerprint density at radius 3 is 1.64 bits per heavy atom. The van der Waals surface area contributed by atoms with Gasteiger partial charge in [0, 0.05) is 0 Å². The second kappa shape index (κ2) is 39.2. The van der Waals surface area contributed by atoms with E-state index in [9.17, 15) is 0 Å². The fourth-order valence-corrected chi connectivity index (χ4v) is 0.524. The van der Waals surface area contributed by atoms with Crippen LogP contribution in [0.1, 0.15) is 6.42 Å². The van der Waals surface area contributed by atoms with Gasteiger partial charge in [0.15, 0.2) is 0 Å². The summed E-state index contributed by atoms with van der Waals surface area (Å²) in [5.74, 6) is 0. The maximum Gasteiger partial charge on any atom is 2.00 e. The first kappa shape index (κ1) is 37.6. The number of rotatable bonds is 0. The van der Waals surface area contributed by atoms with E-state index in [1.807, 2.05) is 0 Å². The molecule has 8 nitrogen and oxygen atoms in total. The van der Waals surface area contributed by atoms with Crippen LogP contribution in [0.25, 0.3) is 29.9 Å². The fraction of sp³-hybridized carbons (Fsp3) is 0.600. The van der Waals surface area contributed by atoms with Crippen LogP contribution in [0.5, 0.6) is 0 Å². The molecule has 1 heterocycles. The summed E-state index contributed by atoms with van der Waals surface area (Å²) in [6, 6.07) is 0. The monoisotopic (exact) mass is 251 g/mol. The van der Waals surface area contributed by atoms with Gasteiger partial charge in [-0.3, -0.25) is 0 Å². The van der Waals surface area contributed by atoms with Crippen molar-refractivity contribution in [3.8, 4) is 0 Å². The molecule has 1 aliphatic heterocycles. The summed E-state index contributed by atoms with van der Waals surface area (Å²) < 4.78 is 0. The van der Waals surface area contributed by atoms with E-state index < -0.39 is 0 Å². The molecule has 0 atom stereocenters. The van der Waals surface area contributed by atoms with Crippen molar-refractivity contribution >= 4 is 0 Å². The Morgan fingerprint density at radius 2 is 1.57 bits per heavy atom. The topological polar surface area (TPSA) is 201 Å². The van der Waals surface area contributed by atoms with E-state index in [2.05, 4.69) is 17.5 Å². The van der Waals surface area contributed by atoms with Crippen LogP contribution in [0.4, 0.5) is 0 Å². The molecule has 8 N–H and O–H groups in total. The molecule has 0 bridgehead atoms. The number of nitrogens with zero attached hydrogens (tertiary/aromatic N) is 2. The molecule has 14 heavy (non-hydrogen) atoms. The van der Waals surface area contributed by atoms with Gasteiger partial charge >= 0.3 is 16.8 Å². The van der Waals surface area contributed by atoms with Crippen LogP contribution >= 0.6 is 0 Å². The van der Waals surface area contributed by atoms with Crippen molar-refractivity contribution in [1.82, 2.24) is 0 Å². The molecule has 1 rings (SSSR count). The third kappa shape index (κ3) is 42.1. The first-order chi connectivity index (χ1) is 4.41. The normalized spacial score (nSPS) is 10.0. The molecule has 1 aliphatic rings. The molecule has 0 aliphatic carbocycles. The Morgan fingerprint density at radius 1 is 1.14 bits per heavy atom. The van der Waals surface area contributed by atoms with Crippen molar-refractivity contribution in [2.45, 2.75) is 6.42 Å². The van der Waals surface area contributed by atoms with E-state index in [0.29, 0.717) is 0 Å². The standard InChI is InChI=1S/C5H8N.Co.HNO2.4H2N/c1-2-4-6-5-3-1;;2-1-3;;;;/h1-2H,3-5H2;;(H,2,3);4*1H2/q-1;+2;;4*-1/p-1. The Labute approximate surface area is 94.4 Å². The van der Waals surface area contributed by atoms with Gasteiger partial charge in [0.2, 0.25) is 0 Å². The van der Waals surface area contributed by atoms with Crippen molar-refractivity contribution < 1.29 is 16.8 Å². The van der Waals surface area contributed by atoms with Crippen LogP contribution in [-0.4, -0.2) is 13.1 Å². The summed E-state index contributed by atoms with van der Waals surface area (Å²) in [5.41, 5.74) is 0. The van der Waals surface area contributed by atoms with E-state index >= 15 is 0 Å². The first-order valence-corrected chi connectivity index (χ1v) is 2.65. The molecule has 0 saturated heterocycles. The smallest absolute Gasteiger partial charge is 0.693 e. The van der Waals surface area contributed by atoms with Gasteiger partial charge in [-0.25, -0.2) is 0 Å². The average Bonchev–Trinajstić information content (AvgIpc) is 1.93. The quantitative estimate of drug-likeness (QED) is 0.348. The second-order valence-corrected chi connectivity index (χ2v) is 1.46. The molecule has 91 valence electrons. The van der Waals surface area contributed by atoms with E-state index in [1.54, 1.807) is 0 Å². The number of nitrogens with two attached hydrogens (primary N) is 4. The van der Waals surface area contributed by atoms with Crippen molar-refractivity contribution in [1.29, 1.82) is 0 Å². The Bertz CT molecular complexity index is 96.2. The van der Waals surface area contributed by atoms with E-state index in [-0.39, 0.29) is 41.4 Å². The molecule has 0 aromatic carbocycles. The Balaban J connectivity index is -0.0000000186. The van der Waals surface area contributed by atoms with Crippen molar-refractivity contribution in [3.05, 3.63) is 52.2 Å². The van der Waals surface area contributed by atoms with E-state index in [4.69, 9.17) is 10.1 Å². The van der Waals surface area contributed by atoms with E-state index in [0.717, 1.165) is 24.9 Å². The minimum absolute atomic E-state index is 0. The largest absolute Gasteiger partial charge is 2.00 e. The number of hydrogen-bond acceptors (Lipinski definition) is 3. The first-order valence-electron chi connectivity index (χ1n) is 2.65. The summed E-state index contributed by atoms with van der Waals surface area (Å²) in [7, 11) is 0. The predicted octanol–water partition coefficient (Wildman–Crippen LogP) is 4.44. The maximum absolute atomic E-state index is 8.00. The van der Waals surface area contributed by atoms with Crippen molar-refractivity contribution in [3.63, 3.8) is 0 Å². The Hall–Kier alpha value is -0.554. The fourth-order valence-electron chi connectivity index (χ4n) is 0.524. The molecule has 0 unspecified atom stereocenters. The van der Waals surface area contributed by atoms with Crippen LogP contribution in [0.3, 0.4) is 0 Å². The third-order valence-electron chi connectivity index (χ3n) is 0.855. The summed E-state index contributed by atoms with van der Waals surface area (Å²) >= 11 is 0. The van der Waals surface area contributed by atoms with Crippen molar-refractivity contribution in [2.75, 3.05) is 13.1 Å². The summed E-state index contributed by atoms with van der Waals surface area (Å²) in [6.07, 6.45) is 5.43. The van der Waals surface area contributed by atoms with Gasteiger partial charge in [-0.1, -0.05) is 12.5 Å². The molecular formula is C5H16CoN6O2-4. The van der Waals surface area contributed by atoms with E-state index in [1.165, 1.54) is 0 Å². The van der Waals surface area contributed by atoms with Gasteiger partial charge in [0.25, 0.3) is 0 Å². The summed E-state index contributed by atoms with van der Waals surface area (Å²) in [6.45, 7) is 1.98. The predicted molar refractivity (Wildman–Crippen MR) is 57.1 cm³/mol. The van der Waals surface area contributed by atoms with Crippen LogP contribution in [0.15, 0.2) is 17.5 Å².